The third-order valence-corrected chi connectivity index (χ3v) is 7.26. The van der Waals surface area contributed by atoms with Gasteiger partial charge in [0, 0.05) is 24.8 Å². The smallest absolute Gasteiger partial charge is 0.251 e. The van der Waals surface area contributed by atoms with Gasteiger partial charge in [-0.05, 0) is 56.0 Å². The van der Waals surface area contributed by atoms with Crippen LogP contribution in [0.3, 0.4) is 0 Å². The lowest BCUT2D eigenvalue weighted by Gasteiger charge is -2.30. The molecule has 0 aliphatic carbocycles. The molecule has 0 radical (unpaired) electrons. The lowest BCUT2D eigenvalue weighted by molar-refractivity contribution is 0.0939. The molecule has 8 heteroatoms. The highest BCUT2D eigenvalue weighted by Crippen LogP contribution is 2.29. The Labute approximate surface area is 171 Å². The fourth-order valence-corrected chi connectivity index (χ4v) is 5.43. The number of halogens is 1. The predicted molar refractivity (Wildman–Crippen MR) is 109 cm³/mol. The summed E-state index contributed by atoms with van der Waals surface area (Å²) >= 11 is 6.20. The molecule has 1 amide bonds. The van der Waals surface area contributed by atoms with Crippen LogP contribution in [-0.2, 0) is 10.0 Å². The van der Waals surface area contributed by atoms with Gasteiger partial charge in [0.2, 0.25) is 10.0 Å². The molecule has 2 heterocycles. The summed E-state index contributed by atoms with van der Waals surface area (Å²) in [5.41, 5.74) is 0.968. The van der Waals surface area contributed by atoms with Crippen molar-refractivity contribution in [1.82, 2.24) is 14.6 Å². The van der Waals surface area contributed by atoms with Crippen LogP contribution in [0.4, 0.5) is 0 Å². The molecular weight excluding hydrogens is 398 g/mol. The van der Waals surface area contributed by atoms with Gasteiger partial charge in [-0.2, -0.15) is 4.31 Å². The molecule has 1 aliphatic heterocycles. The first-order chi connectivity index (χ1) is 13.3. The molecule has 2 aromatic rings. The van der Waals surface area contributed by atoms with E-state index in [0.717, 1.165) is 18.5 Å². The minimum atomic E-state index is -3.75. The standard InChI is InChI=1S/C20H24ClN3O3S/c1-14-6-5-11-24(13-14)28(26,27)19-12-16(8-9-17(19)21)20(25)23-15(2)18-7-3-4-10-22-18/h3-4,7-10,12,14-15H,5-6,11,13H2,1-2H3,(H,23,25)/t14-,15-/m0/s1. The van der Waals surface area contributed by atoms with Crippen LogP contribution in [0.1, 0.15) is 48.8 Å². The van der Waals surface area contributed by atoms with Crippen molar-refractivity contribution in [2.45, 2.75) is 37.6 Å². The molecule has 28 heavy (non-hydrogen) atoms. The Bertz CT molecular complexity index is 950. The zero-order valence-electron chi connectivity index (χ0n) is 15.9. The molecule has 0 spiro atoms. The molecule has 1 aromatic carbocycles. The van der Waals surface area contributed by atoms with Crippen molar-refractivity contribution in [2.24, 2.45) is 5.92 Å². The minimum Gasteiger partial charge on any atom is -0.344 e. The first-order valence-corrected chi connectivity index (χ1v) is 11.1. The number of rotatable bonds is 5. The van der Waals surface area contributed by atoms with E-state index in [9.17, 15) is 13.2 Å². The van der Waals surface area contributed by atoms with E-state index in [1.54, 1.807) is 12.3 Å². The van der Waals surface area contributed by atoms with E-state index in [0.29, 0.717) is 19.0 Å². The number of sulfonamides is 1. The number of aromatic nitrogens is 1. The molecule has 1 aromatic heterocycles. The normalized spacial score (nSPS) is 19.2. The second kappa shape index (κ2) is 8.59. The number of benzene rings is 1. The quantitative estimate of drug-likeness (QED) is 0.799. The summed E-state index contributed by atoms with van der Waals surface area (Å²) in [5.74, 6) is -0.0775. The third-order valence-electron chi connectivity index (χ3n) is 4.91. The molecule has 6 nitrogen and oxygen atoms in total. The highest BCUT2D eigenvalue weighted by molar-refractivity contribution is 7.89. The van der Waals surface area contributed by atoms with E-state index in [4.69, 9.17) is 11.6 Å². The van der Waals surface area contributed by atoms with Gasteiger partial charge in [-0.1, -0.05) is 24.6 Å². The van der Waals surface area contributed by atoms with Crippen molar-refractivity contribution in [1.29, 1.82) is 0 Å². The van der Waals surface area contributed by atoms with E-state index in [1.165, 1.54) is 22.5 Å². The van der Waals surface area contributed by atoms with Crippen molar-refractivity contribution >= 4 is 27.5 Å². The summed E-state index contributed by atoms with van der Waals surface area (Å²) in [6.45, 7) is 4.79. The fourth-order valence-electron chi connectivity index (χ4n) is 3.33. The van der Waals surface area contributed by atoms with Crippen molar-refractivity contribution in [3.05, 3.63) is 58.9 Å². The lowest BCUT2D eigenvalue weighted by atomic mass is 10.0. The third kappa shape index (κ3) is 4.54. The highest BCUT2D eigenvalue weighted by atomic mass is 35.5. The van der Waals surface area contributed by atoms with Crippen LogP contribution < -0.4 is 5.32 Å². The average molecular weight is 422 g/mol. The Morgan fingerprint density at radius 1 is 1.32 bits per heavy atom. The van der Waals surface area contributed by atoms with Crippen molar-refractivity contribution < 1.29 is 13.2 Å². The first-order valence-electron chi connectivity index (χ1n) is 9.30. The molecule has 0 bridgehead atoms. The topological polar surface area (TPSA) is 79.4 Å². The van der Waals surface area contributed by atoms with Gasteiger partial charge in [-0.25, -0.2) is 8.42 Å². The largest absolute Gasteiger partial charge is 0.344 e. The summed E-state index contributed by atoms with van der Waals surface area (Å²) in [7, 11) is -3.75. The van der Waals surface area contributed by atoms with Crippen molar-refractivity contribution in [3.8, 4) is 0 Å². The molecule has 0 saturated carbocycles. The number of nitrogens with one attached hydrogen (secondary N) is 1. The molecule has 3 rings (SSSR count). The van der Waals surface area contributed by atoms with Gasteiger partial charge >= 0.3 is 0 Å². The molecule has 1 N–H and O–H groups in total. The molecule has 1 fully saturated rings. The van der Waals surface area contributed by atoms with E-state index in [2.05, 4.69) is 10.3 Å². The van der Waals surface area contributed by atoms with Gasteiger partial charge in [0.25, 0.3) is 5.91 Å². The number of nitrogens with zero attached hydrogens (tertiary/aromatic N) is 2. The van der Waals surface area contributed by atoms with Crippen LogP contribution in [0.5, 0.6) is 0 Å². The number of carbonyl (C=O) groups excluding carboxylic acids is 1. The summed E-state index contributed by atoms with van der Waals surface area (Å²) < 4.78 is 27.6. The van der Waals surface area contributed by atoms with E-state index in [1.807, 2.05) is 26.0 Å². The van der Waals surface area contributed by atoms with Crippen LogP contribution in [0.2, 0.25) is 5.02 Å². The molecule has 150 valence electrons. The number of piperidine rings is 1. The Hall–Kier alpha value is -1.96. The van der Waals surface area contributed by atoms with Crippen LogP contribution in [0.25, 0.3) is 0 Å². The summed E-state index contributed by atoms with van der Waals surface area (Å²) in [4.78, 5) is 16.9. The predicted octanol–water partition coefficient (Wildman–Crippen LogP) is 3.65. The highest BCUT2D eigenvalue weighted by Gasteiger charge is 2.31. The number of carbonyl (C=O) groups is 1. The monoisotopic (exact) mass is 421 g/mol. The van der Waals surface area contributed by atoms with Gasteiger partial charge in [0.1, 0.15) is 4.90 Å². The number of hydrogen-bond donors (Lipinski definition) is 1. The minimum absolute atomic E-state index is 0.0265. The number of amides is 1. The maximum Gasteiger partial charge on any atom is 0.251 e. The van der Waals surface area contributed by atoms with Gasteiger partial charge in [0.15, 0.2) is 0 Å². The maximum absolute atomic E-state index is 13.1. The second-order valence-electron chi connectivity index (χ2n) is 7.21. The summed E-state index contributed by atoms with van der Waals surface area (Å²) in [6, 6.07) is 9.50. The fraction of sp³-hybridized carbons (Fsp3) is 0.400. The number of hydrogen-bond acceptors (Lipinski definition) is 4. The Morgan fingerprint density at radius 3 is 2.79 bits per heavy atom. The van der Waals surface area contributed by atoms with Crippen molar-refractivity contribution in [2.75, 3.05) is 13.1 Å². The summed E-state index contributed by atoms with van der Waals surface area (Å²) in [5, 5.41) is 2.96. The average Bonchev–Trinajstić information content (AvgIpc) is 2.68. The van der Waals surface area contributed by atoms with Crippen LogP contribution >= 0.6 is 11.6 Å². The van der Waals surface area contributed by atoms with Gasteiger partial charge in [0.05, 0.1) is 16.8 Å². The second-order valence-corrected chi connectivity index (χ2v) is 9.52. The van der Waals surface area contributed by atoms with E-state index < -0.39 is 10.0 Å². The molecule has 1 aliphatic rings. The van der Waals surface area contributed by atoms with Gasteiger partial charge < -0.3 is 5.32 Å². The van der Waals surface area contributed by atoms with Crippen molar-refractivity contribution in [3.63, 3.8) is 0 Å². The Morgan fingerprint density at radius 2 is 2.11 bits per heavy atom. The first kappa shape index (κ1) is 20.8. The van der Waals surface area contributed by atoms with Gasteiger partial charge in [-0.15, -0.1) is 0 Å². The Kier molecular flexibility index (Phi) is 6.37. The zero-order chi connectivity index (χ0) is 20.3. The van der Waals surface area contributed by atoms with Crippen LogP contribution in [0, 0.1) is 5.92 Å². The zero-order valence-corrected chi connectivity index (χ0v) is 17.5. The molecular formula is C20H24ClN3O3S. The Balaban J connectivity index is 1.83. The van der Waals surface area contributed by atoms with Gasteiger partial charge in [-0.3, -0.25) is 9.78 Å². The molecule has 0 unspecified atom stereocenters. The van der Waals surface area contributed by atoms with Crippen LogP contribution in [0.15, 0.2) is 47.5 Å². The number of pyridine rings is 1. The SMILES string of the molecule is C[C@H]1CCCN(S(=O)(=O)c2cc(C(=O)N[C@@H](C)c3ccccn3)ccc2Cl)C1. The van der Waals surface area contributed by atoms with E-state index >= 15 is 0 Å². The molecule has 1 saturated heterocycles. The molecule has 2 atom stereocenters. The maximum atomic E-state index is 13.1. The lowest BCUT2D eigenvalue weighted by Crippen LogP contribution is -2.39. The van der Waals surface area contributed by atoms with Crippen LogP contribution in [-0.4, -0.2) is 36.7 Å². The summed E-state index contributed by atoms with van der Waals surface area (Å²) in [6.07, 6.45) is 3.48. The van der Waals surface area contributed by atoms with E-state index in [-0.39, 0.29) is 27.4 Å².